The topological polar surface area (TPSA) is 111 Å². The van der Waals surface area contributed by atoms with Gasteiger partial charge in [-0.2, -0.15) is 0 Å². The molecule has 9 nitrogen and oxygen atoms in total. The number of unbranched alkanes of at least 4 members (excludes halogenated alkanes) is 40. The lowest BCUT2D eigenvalue weighted by Crippen LogP contribution is -2.44. The number of rotatable bonds is 73. The number of carbonyl (C=O) groups excluding carboxylic acids is 3. The number of allylic oxidation sites excluding steroid dienone is 18. The van der Waals surface area contributed by atoms with Gasteiger partial charge in [0.05, 0.1) is 40.3 Å². The molecule has 0 radical (unpaired) electrons. The summed E-state index contributed by atoms with van der Waals surface area (Å²) in [6, 6.07) is 0. The maximum absolute atomic E-state index is 13.0. The molecule has 0 saturated carbocycles. The van der Waals surface area contributed by atoms with Gasteiger partial charge in [0.1, 0.15) is 13.2 Å². The number of hydrogen-bond acceptors (Lipinski definition) is 8. The highest BCUT2D eigenvalue weighted by Crippen LogP contribution is 2.19. The van der Waals surface area contributed by atoms with E-state index in [4.69, 9.17) is 18.9 Å². The summed E-state index contributed by atoms with van der Waals surface area (Å²) < 4.78 is 22.9. The van der Waals surface area contributed by atoms with Crippen LogP contribution in [0, 0.1) is 0 Å². The number of aliphatic carboxylic acids is 1. The van der Waals surface area contributed by atoms with Crippen LogP contribution in [0.2, 0.25) is 0 Å². The van der Waals surface area contributed by atoms with Crippen molar-refractivity contribution in [2.75, 3.05) is 47.5 Å². The molecular formula is C85H149NO8. The minimum atomic E-state index is -1.63. The minimum Gasteiger partial charge on any atom is -0.545 e. The molecule has 0 aromatic heterocycles. The van der Waals surface area contributed by atoms with Crippen LogP contribution in [-0.2, 0) is 33.3 Å². The standard InChI is InChI=1S/C85H149NO8/c1-6-8-10-12-14-16-18-20-22-24-26-28-30-32-34-36-38-40-41-42-43-44-46-48-50-52-54-56-58-60-62-64-66-68-70-72-74-76-83(88)94-81(80-93-85(84(89)90)91-78-77-86(3,4)5)79-92-82(87)75-73-71-69-67-65-63-61-59-57-55-53-51-49-47-45-39-37-35-33-31-29-27-25-23-21-19-17-15-13-11-9-7-2/h8,10,14,16,20,22,26,28,32,34,38,40,42-43,46,48,52,54,81,85H,6-7,9,11-13,15,17-19,21,23-25,27,29-31,33,35-37,39,41,44-45,47,49-51,53,55-80H2,1-5H3/b10-8-,16-14-,22-20-,28-26-,34-32-,40-38-,43-42-,48-46-,54-52-. The number of esters is 2. The van der Waals surface area contributed by atoms with Crippen LogP contribution in [0.3, 0.4) is 0 Å². The fourth-order valence-corrected chi connectivity index (χ4v) is 11.3. The molecule has 0 aliphatic carbocycles. The lowest BCUT2D eigenvalue weighted by molar-refractivity contribution is -0.870. The van der Waals surface area contributed by atoms with Gasteiger partial charge in [0.2, 0.25) is 0 Å². The predicted molar refractivity (Wildman–Crippen MR) is 403 cm³/mol. The van der Waals surface area contributed by atoms with Crippen LogP contribution < -0.4 is 5.11 Å². The lowest BCUT2D eigenvalue weighted by atomic mass is 10.0. The second kappa shape index (κ2) is 74.7. The molecule has 0 saturated heterocycles. The molecule has 2 atom stereocenters. The van der Waals surface area contributed by atoms with E-state index in [-0.39, 0.29) is 32.2 Å². The molecule has 9 heteroatoms. The Morgan fingerprint density at radius 1 is 0.330 bits per heavy atom. The molecule has 542 valence electrons. The van der Waals surface area contributed by atoms with Crippen LogP contribution in [0.1, 0.15) is 354 Å². The van der Waals surface area contributed by atoms with Crippen molar-refractivity contribution in [2.24, 2.45) is 0 Å². The molecule has 0 amide bonds. The van der Waals surface area contributed by atoms with Crippen molar-refractivity contribution < 1.29 is 42.9 Å². The second-order valence-corrected chi connectivity index (χ2v) is 27.6. The van der Waals surface area contributed by atoms with Gasteiger partial charge in [0.25, 0.3) is 0 Å². The zero-order valence-corrected chi connectivity index (χ0v) is 62.1. The lowest BCUT2D eigenvalue weighted by Gasteiger charge is -2.26. The number of carboxylic acids is 1. The summed E-state index contributed by atoms with van der Waals surface area (Å²) in [5.74, 6) is -2.28. The van der Waals surface area contributed by atoms with E-state index in [9.17, 15) is 19.5 Å². The van der Waals surface area contributed by atoms with Crippen molar-refractivity contribution in [3.63, 3.8) is 0 Å². The third-order valence-electron chi connectivity index (χ3n) is 17.3. The Balaban J connectivity index is 4.08. The summed E-state index contributed by atoms with van der Waals surface area (Å²) >= 11 is 0. The SMILES string of the molecule is CC/C=C\C/C=C\C/C=C\C/C=C\C/C=C\C/C=C\C/C=C\C/C=C\C/C=C\CCCCCCCCCCCC(=O)OC(COC(=O)CCCCCCCCCCCCCCCCCCCCCCCCCCCCCCCCCC)COC(OCC[N+](C)(C)C)C(=O)[O-]. The Hall–Kier alpha value is -4.05. The van der Waals surface area contributed by atoms with E-state index in [1.807, 2.05) is 21.1 Å². The molecular weight excluding hydrogens is 1160 g/mol. The van der Waals surface area contributed by atoms with Crippen molar-refractivity contribution in [2.45, 2.75) is 367 Å². The first-order valence-corrected chi connectivity index (χ1v) is 39.5. The van der Waals surface area contributed by atoms with Gasteiger partial charge in [-0.15, -0.1) is 0 Å². The summed E-state index contributed by atoms with van der Waals surface area (Å²) in [7, 11) is 5.94. The molecule has 0 aliphatic heterocycles. The molecule has 0 bridgehead atoms. The molecule has 0 fully saturated rings. The molecule has 94 heavy (non-hydrogen) atoms. The first kappa shape index (κ1) is 90.0. The third-order valence-corrected chi connectivity index (χ3v) is 17.3. The molecule has 0 rings (SSSR count). The van der Waals surface area contributed by atoms with Gasteiger partial charge >= 0.3 is 11.9 Å². The minimum absolute atomic E-state index is 0.144. The Kier molecular flexibility index (Phi) is 71.5. The van der Waals surface area contributed by atoms with Gasteiger partial charge in [0, 0.05) is 12.8 Å². The zero-order valence-electron chi connectivity index (χ0n) is 62.1. The van der Waals surface area contributed by atoms with Crippen LogP contribution in [0.15, 0.2) is 109 Å². The monoisotopic (exact) mass is 1310 g/mol. The number of nitrogens with zero attached hydrogens (tertiary/aromatic N) is 1. The van der Waals surface area contributed by atoms with Crippen molar-refractivity contribution in [1.29, 1.82) is 0 Å². The van der Waals surface area contributed by atoms with Gasteiger partial charge in [-0.1, -0.05) is 367 Å². The van der Waals surface area contributed by atoms with E-state index >= 15 is 0 Å². The quantitative estimate of drug-likeness (QED) is 0.0195. The van der Waals surface area contributed by atoms with E-state index in [2.05, 4.69) is 123 Å². The number of quaternary nitrogens is 1. The maximum atomic E-state index is 13.0. The van der Waals surface area contributed by atoms with Crippen molar-refractivity contribution in [3.05, 3.63) is 109 Å². The van der Waals surface area contributed by atoms with E-state index in [0.717, 1.165) is 103 Å². The Morgan fingerprint density at radius 2 is 0.606 bits per heavy atom. The molecule has 2 unspecified atom stereocenters. The average molecular weight is 1310 g/mol. The van der Waals surface area contributed by atoms with Gasteiger partial charge in [0.15, 0.2) is 12.4 Å². The first-order valence-electron chi connectivity index (χ1n) is 39.5. The predicted octanol–water partition coefficient (Wildman–Crippen LogP) is 24.0. The Morgan fingerprint density at radius 3 is 0.904 bits per heavy atom. The van der Waals surface area contributed by atoms with Gasteiger partial charge < -0.3 is 33.3 Å². The van der Waals surface area contributed by atoms with Crippen LogP contribution in [0.5, 0.6) is 0 Å². The van der Waals surface area contributed by atoms with E-state index < -0.39 is 24.3 Å². The third kappa shape index (κ3) is 75.3. The summed E-state index contributed by atoms with van der Waals surface area (Å²) in [5, 5.41) is 11.9. The highest BCUT2D eigenvalue weighted by molar-refractivity contribution is 5.70. The number of carboxylic acid groups (broad SMARTS) is 1. The van der Waals surface area contributed by atoms with Crippen molar-refractivity contribution in [3.8, 4) is 0 Å². The first-order chi connectivity index (χ1) is 46.1. The molecule has 0 N–H and O–H groups in total. The van der Waals surface area contributed by atoms with Crippen LogP contribution in [0.25, 0.3) is 0 Å². The second-order valence-electron chi connectivity index (χ2n) is 27.6. The maximum Gasteiger partial charge on any atom is 0.306 e. The van der Waals surface area contributed by atoms with Gasteiger partial charge in [-0.3, -0.25) is 9.59 Å². The van der Waals surface area contributed by atoms with Gasteiger partial charge in [-0.05, 0) is 83.5 Å². The molecule has 0 aromatic carbocycles. The van der Waals surface area contributed by atoms with Crippen LogP contribution in [0.4, 0.5) is 0 Å². The van der Waals surface area contributed by atoms with E-state index in [1.165, 1.54) is 218 Å². The van der Waals surface area contributed by atoms with Gasteiger partial charge in [-0.25, -0.2) is 0 Å². The summed E-state index contributed by atoms with van der Waals surface area (Å²) in [5.41, 5.74) is 0. The molecule has 0 heterocycles. The summed E-state index contributed by atoms with van der Waals surface area (Å²) in [4.78, 5) is 37.6. The van der Waals surface area contributed by atoms with Crippen molar-refractivity contribution in [1.82, 2.24) is 0 Å². The molecule has 0 spiro atoms. The number of ether oxygens (including phenoxy) is 4. The summed E-state index contributed by atoms with van der Waals surface area (Å²) in [6.07, 6.45) is 102. The fraction of sp³-hybridized carbons (Fsp3) is 0.753. The number of hydrogen-bond donors (Lipinski definition) is 0. The van der Waals surface area contributed by atoms with Crippen LogP contribution >= 0.6 is 0 Å². The number of likely N-dealkylation sites (N-methyl/N-ethyl adjacent to an activating group) is 1. The van der Waals surface area contributed by atoms with Crippen molar-refractivity contribution >= 4 is 17.9 Å². The highest BCUT2D eigenvalue weighted by Gasteiger charge is 2.22. The normalized spacial score (nSPS) is 13.2. The van der Waals surface area contributed by atoms with Crippen LogP contribution in [-0.4, -0.2) is 82.3 Å². The van der Waals surface area contributed by atoms with E-state index in [1.54, 1.807) is 0 Å². The molecule has 0 aliphatic rings. The highest BCUT2D eigenvalue weighted by atomic mass is 16.7. The fourth-order valence-electron chi connectivity index (χ4n) is 11.3. The summed E-state index contributed by atoms with van der Waals surface area (Å²) in [6.45, 7) is 4.67. The molecule has 0 aromatic rings. The zero-order chi connectivity index (χ0) is 68.2. The smallest absolute Gasteiger partial charge is 0.306 e. The Labute approximate surface area is 581 Å². The number of carbonyl (C=O) groups is 3. The largest absolute Gasteiger partial charge is 0.545 e. The Bertz CT molecular complexity index is 1920. The van der Waals surface area contributed by atoms with E-state index in [0.29, 0.717) is 23.9 Å². The average Bonchev–Trinajstić information content (AvgIpc) is 3.75.